The summed E-state index contributed by atoms with van der Waals surface area (Å²) in [6.07, 6.45) is 5.74. The molecule has 2 aliphatic heterocycles. The number of hydrogen-bond donors (Lipinski definition) is 4. The number of nitrogens with one attached hydrogen (secondary N) is 3. The molecule has 0 aromatic heterocycles. The van der Waals surface area contributed by atoms with Gasteiger partial charge in [0.25, 0.3) is 11.8 Å². The first kappa shape index (κ1) is 63.6. The smallest absolute Gasteiger partial charge is 0.333 e. The number of carboxylic acid groups (broad SMARTS) is 1. The van der Waals surface area contributed by atoms with E-state index >= 15 is 0 Å². The number of unbranched alkanes of at least 4 members (excludes halogenated alkanes) is 2. The Kier molecular flexibility index (Phi) is 26.0. The van der Waals surface area contributed by atoms with Crippen molar-refractivity contribution in [3.05, 3.63) is 35.9 Å². The first-order valence-electron chi connectivity index (χ1n) is 27.8. The van der Waals surface area contributed by atoms with E-state index in [1.54, 1.807) is 59.9 Å². The van der Waals surface area contributed by atoms with Crippen molar-refractivity contribution in [2.24, 2.45) is 17.8 Å². The number of likely N-dealkylation sites (N-methyl/N-ethyl adjacent to an activating group) is 1. The number of carbonyl (C=O) groups excluding carboxylic acids is 9. The fourth-order valence-electron chi connectivity index (χ4n) is 10.9. The Balaban J connectivity index is 1.34. The number of hydroxylamine groups is 2. The first-order valence-corrected chi connectivity index (χ1v) is 27.8. The van der Waals surface area contributed by atoms with E-state index in [0.29, 0.717) is 56.7 Å². The van der Waals surface area contributed by atoms with Gasteiger partial charge in [-0.25, -0.2) is 9.59 Å². The predicted molar refractivity (Wildman–Crippen MR) is 284 cm³/mol. The predicted octanol–water partition coefficient (Wildman–Crippen LogP) is 4.47. The third-order valence-corrected chi connectivity index (χ3v) is 15.6. The van der Waals surface area contributed by atoms with Crippen LogP contribution in [0.1, 0.15) is 156 Å². The fraction of sp³-hybridized carbons (Fsp3) is 0.714. The van der Waals surface area contributed by atoms with Crippen molar-refractivity contribution in [1.82, 2.24) is 35.7 Å². The molecular weight excluding hydrogens is 995 g/mol. The average Bonchev–Trinajstić information content (AvgIpc) is 4.19. The van der Waals surface area contributed by atoms with Crippen molar-refractivity contribution in [2.45, 2.75) is 206 Å². The van der Waals surface area contributed by atoms with Gasteiger partial charge in [-0.2, -0.15) is 0 Å². The van der Waals surface area contributed by atoms with Crippen LogP contribution in [0.25, 0.3) is 0 Å². The number of nitrogens with zero attached hydrogens (tertiary/aromatic N) is 4. The normalized spacial score (nSPS) is 18.9. The highest BCUT2D eigenvalue weighted by Gasteiger charge is 2.44. The van der Waals surface area contributed by atoms with Crippen LogP contribution in [0.2, 0.25) is 0 Å². The molecule has 21 nitrogen and oxygen atoms in total. The molecule has 3 fully saturated rings. The summed E-state index contributed by atoms with van der Waals surface area (Å²) in [6.45, 7) is 11.8. The number of likely N-dealkylation sites (tertiary alicyclic amines) is 1. The van der Waals surface area contributed by atoms with Gasteiger partial charge in [0.1, 0.15) is 18.1 Å². The molecule has 3 aliphatic rings. The van der Waals surface area contributed by atoms with E-state index in [1.165, 1.54) is 14.2 Å². The van der Waals surface area contributed by atoms with Crippen molar-refractivity contribution in [2.75, 3.05) is 34.4 Å². The molecule has 0 radical (unpaired) electrons. The molecule has 0 unspecified atom stereocenters. The Hall–Kier alpha value is -5.96. The number of rotatable bonds is 32. The zero-order chi connectivity index (χ0) is 56.9. The van der Waals surface area contributed by atoms with Crippen LogP contribution in [0.3, 0.4) is 0 Å². The van der Waals surface area contributed by atoms with Gasteiger partial charge >= 0.3 is 11.9 Å². The molecule has 430 valence electrons. The lowest BCUT2D eigenvalue weighted by Crippen LogP contribution is -2.60. The van der Waals surface area contributed by atoms with E-state index < -0.39 is 83.9 Å². The molecule has 0 spiro atoms. The SMILES string of the molecule is CC[C@H](C)[C@@H]([C@@H](CC(=O)N1CCC[C@H]1[C@H](OC)[C@@H](C)C(=O)N[C@@H](Cc1ccccc1)C(=O)O)OC)N(C)C(=O)[C@@H](NC(=O)[C@H](C)N(C(=O)CCCCCNC(=O)CCCC(=O)ON1C(=O)CCC1=O)C1CCCC1)C(C)C. The number of carbonyl (C=O) groups is 10. The van der Waals surface area contributed by atoms with E-state index in [4.69, 9.17) is 14.3 Å². The second-order valence-corrected chi connectivity index (χ2v) is 21.4. The van der Waals surface area contributed by atoms with E-state index in [1.807, 2.05) is 33.8 Å². The van der Waals surface area contributed by atoms with Gasteiger partial charge in [0.2, 0.25) is 35.4 Å². The molecule has 1 aromatic carbocycles. The summed E-state index contributed by atoms with van der Waals surface area (Å²) in [6, 6.07) is 4.78. The summed E-state index contributed by atoms with van der Waals surface area (Å²) in [5.74, 6) is -6.39. The summed E-state index contributed by atoms with van der Waals surface area (Å²) >= 11 is 0. The standard InChI is InChI=1S/C56H87N7O14/c1-10-36(4)51(43(75-8)34-48(68)61-32-20-25-42(61)52(76-9)37(5)53(70)58-41(56(73)74)33-39-21-13-11-14-22-39)60(7)55(72)50(35(2)3)59-54(71)38(6)62(40-23-16-17-24-40)45(65)27-15-12-18-31-57-44(64)26-19-28-49(69)77-63-46(66)29-30-47(63)67/h11,13-14,21-22,35-38,40-43,50-52H,10,12,15-20,23-34H2,1-9H3,(H,57,64)(H,58,70)(H,59,71)(H,73,74)/t36-,37+,38-,41-,42-,43+,50-,51-,52+/m0/s1. The van der Waals surface area contributed by atoms with Crippen LogP contribution in [0, 0.1) is 17.8 Å². The molecule has 0 bridgehead atoms. The van der Waals surface area contributed by atoms with E-state index in [2.05, 4.69) is 16.0 Å². The Morgan fingerprint density at radius 3 is 2.05 bits per heavy atom. The number of benzene rings is 1. The Bertz CT molecular complexity index is 2160. The van der Waals surface area contributed by atoms with Crippen molar-refractivity contribution in [3.8, 4) is 0 Å². The molecule has 8 amide bonds. The van der Waals surface area contributed by atoms with Crippen LogP contribution in [-0.4, -0.2) is 167 Å². The molecule has 4 rings (SSSR count). The van der Waals surface area contributed by atoms with Crippen LogP contribution in [0.5, 0.6) is 0 Å². The van der Waals surface area contributed by atoms with Crippen LogP contribution < -0.4 is 16.0 Å². The quantitative estimate of drug-likeness (QED) is 0.0573. The third kappa shape index (κ3) is 18.3. The third-order valence-electron chi connectivity index (χ3n) is 15.6. The van der Waals surface area contributed by atoms with E-state index in [0.717, 1.165) is 31.2 Å². The van der Waals surface area contributed by atoms with Crippen molar-refractivity contribution in [3.63, 3.8) is 0 Å². The summed E-state index contributed by atoms with van der Waals surface area (Å²) in [4.78, 5) is 141. The lowest BCUT2D eigenvalue weighted by Gasteiger charge is -2.41. The Morgan fingerprint density at radius 2 is 1.45 bits per heavy atom. The highest BCUT2D eigenvalue weighted by molar-refractivity contribution is 6.01. The summed E-state index contributed by atoms with van der Waals surface area (Å²) in [5.41, 5.74) is 0.757. The lowest BCUT2D eigenvalue weighted by molar-refractivity contribution is -0.197. The Morgan fingerprint density at radius 1 is 0.792 bits per heavy atom. The maximum Gasteiger partial charge on any atom is 0.333 e. The minimum atomic E-state index is -1.17. The van der Waals surface area contributed by atoms with Gasteiger partial charge in [0.05, 0.1) is 36.6 Å². The molecule has 9 atom stereocenters. The zero-order valence-corrected chi connectivity index (χ0v) is 46.9. The van der Waals surface area contributed by atoms with Crippen LogP contribution in [0.15, 0.2) is 30.3 Å². The molecule has 1 aromatic rings. The number of hydrogen-bond acceptors (Lipinski definition) is 13. The molecule has 21 heteroatoms. The number of amides is 8. The first-order chi connectivity index (χ1) is 36.6. The second kappa shape index (κ2) is 31.4. The molecular formula is C56H87N7O14. The summed E-state index contributed by atoms with van der Waals surface area (Å²) in [5, 5.41) is 18.9. The summed E-state index contributed by atoms with van der Waals surface area (Å²) in [7, 11) is 4.64. The minimum absolute atomic E-state index is 0.00466. The minimum Gasteiger partial charge on any atom is -0.480 e. The Labute approximate surface area is 454 Å². The van der Waals surface area contributed by atoms with Crippen LogP contribution >= 0.6 is 0 Å². The topological polar surface area (TPSA) is 268 Å². The largest absolute Gasteiger partial charge is 0.480 e. The van der Waals surface area contributed by atoms with Crippen molar-refractivity contribution < 1.29 is 67.4 Å². The number of ether oxygens (including phenoxy) is 2. The summed E-state index contributed by atoms with van der Waals surface area (Å²) < 4.78 is 12.0. The number of carboxylic acids is 1. The highest BCUT2D eigenvalue weighted by atomic mass is 16.7. The molecule has 2 saturated heterocycles. The molecule has 4 N–H and O–H groups in total. The molecule has 1 aliphatic carbocycles. The van der Waals surface area contributed by atoms with Gasteiger partial charge in [0, 0.05) is 78.9 Å². The molecule has 2 heterocycles. The fourth-order valence-corrected chi connectivity index (χ4v) is 10.9. The highest BCUT2D eigenvalue weighted by Crippen LogP contribution is 2.31. The van der Waals surface area contributed by atoms with E-state index in [9.17, 15) is 53.1 Å². The van der Waals surface area contributed by atoms with Gasteiger partial charge in [-0.3, -0.25) is 38.4 Å². The van der Waals surface area contributed by atoms with Gasteiger partial charge in [-0.1, -0.05) is 90.6 Å². The second-order valence-electron chi connectivity index (χ2n) is 21.4. The van der Waals surface area contributed by atoms with Crippen LogP contribution in [0.4, 0.5) is 0 Å². The maximum atomic E-state index is 14.7. The van der Waals surface area contributed by atoms with Crippen LogP contribution in [-0.2, 0) is 68.7 Å². The molecule has 1 saturated carbocycles. The number of aliphatic carboxylic acids is 1. The number of methoxy groups -OCH3 is 2. The molecule has 77 heavy (non-hydrogen) atoms. The lowest BCUT2D eigenvalue weighted by atomic mass is 9.89. The van der Waals surface area contributed by atoms with Gasteiger partial charge in [-0.15, -0.1) is 5.06 Å². The maximum absolute atomic E-state index is 14.7. The van der Waals surface area contributed by atoms with Gasteiger partial charge < -0.3 is 50.1 Å². The average molecular weight is 1080 g/mol. The van der Waals surface area contributed by atoms with Gasteiger partial charge in [-0.05, 0) is 69.3 Å². The van der Waals surface area contributed by atoms with Gasteiger partial charge in [0.15, 0.2) is 0 Å². The van der Waals surface area contributed by atoms with E-state index in [-0.39, 0.29) is 92.9 Å². The van der Waals surface area contributed by atoms with Crippen molar-refractivity contribution >= 4 is 59.2 Å². The number of imide groups is 1. The van der Waals surface area contributed by atoms with Crippen molar-refractivity contribution in [1.29, 1.82) is 0 Å². The monoisotopic (exact) mass is 1080 g/mol. The zero-order valence-electron chi connectivity index (χ0n) is 46.9.